The largest absolute Gasteiger partial charge is 0.366 e. The van der Waals surface area contributed by atoms with E-state index < -0.39 is 6.03 Å². The van der Waals surface area contributed by atoms with Gasteiger partial charge >= 0.3 is 6.03 Å². The molecule has 0 unspecified atom stereocenters. The number of nitrogens with zero attached hydrogens (tertiary/aromatic N) is 2. The third-order valence-electron chi connectivity index (χ3n) is 4.11. The number of hydrogen-bond acceptors (Lipinski definition) is 4. The van der Waals surface area contributed by atoms with Crippen molar-refractivity contribution >= 4 is 34.9 Å². The van der Waals surface area contributed by atoms with Gasteiger partial charge in [0.2, 0.25) is 5.91 Å². The molecule has 1 aromatic rings. The number of piperazine rings is 1. The summed E-state index contributed by atoms with van der Waals surface area (Å²) in [5, 5.41) is 6.19. The third-order valence-corrected chi connectivity index (χ3v) is 4.41. The summed E-state index contributed by atoms with van der Waals surface area (Å²) in [5.41, 5.74) is 1.69. The lowest BCUT2D eigenvalue weighted by Gasteiger charge is -2.36. The maximum Gasteiger partial charge on any atom is 0.328 e. The van der Waals surface area contributed by atoms with Gasteiger partial charge in [0.25, 0.3) is 0 Å². The molecule has 0 saturated carbocycles. The van der Waals surface area contributed by atoms with E-state index in [1.165, 1.54) is 4.90 Å². The van der Waals surface area contributed by atoms with Gasteiger partial charge in [-0.2, -0.15) is 0 Å². The van der Waals surface area contributed by atoms with E-state index >= 15 is 0 Å². The molecule has 2 fully saturated rings. The van der Waals surface area contributed by atoms with Crippen molar-refractivity contribution in [3.63, 3.8) is 0 Å². The predicted octanol–water partition coefficient (Wildman–Crippen LogP) is 1.58. The number of imide groups is 1. The minimum Gasteiger partial charge on any atom is -0.366 e. The number of halogens is 1. The number of urea groups is 1. The van der Waals surface area contributed by atoms with Crippen molar-refractivity contribution in [2.75, 3.05) is 36.0 Å². The second-order valence-corrected chi connectivity index (χ2v) is 6.04. The lowest BCUT2D eigenvalue weighted by molar-refractivity contribution is -0.120. The number of carbonyl (C=O) groups is 2. The van der Waals surface area contributed by atoms with Gasteiger partial charge in [0.1, 0.15) is 0 Å². The summed E-state index contributed by atoms with van der Waals surface area (Å²) < 4.78 is 0. The normalized spacial score (nSPS) is 22.7. The Kier molecular flexibility index (Phi) is 4.22. The summed E-state index contributed by atoms with van der Waals surface area (Å²) in [5.74, 6) is -0.247. The zero-order valence-electron chi connectivity index (χ0n) is 12.4. The van der Waals surface area contributed by atoms with Gasteiger partial charge in [-0.25, -0.2) is 4.79 Å². The van der Waals surface area contributed by atoms with Crippen LogP contribution in [0.3, 0.4) is 0 Å². The summed E-state index contributed by atoms with van der Waals surface area (Å²) in [7, 11) is 0. The van der Waals surface area contributed by atoms with Crippen LogP contribution in [0.15, 0.2) is 18.2 Å². The number of benzene rings is 1. The van der Waals surface area contributed by atoms with Gasteiger partial charge in [-0.1, -0.05) is 11.6 Å². The monoisotopic (exact) mass is 322 g/mol. The van der Waals surface area contributed by atoms with Gasteiger partial charge in [-0.3, -0.25) is 15.0 Å². The smallest absolute Gasteiger partial charge is 0.328 e. The molecular formula is C15H19ClN4O2. The van der Waals surface area contributed by atoms with Crippen molar-refractivity contribution in [3.05, 3.63) is 23.2 Å². The molecule has 2 heterocycles. The Balaban J connectivity index is 1.83. The SMILES string of the molecule is C[C@@H]1CNCCN1c1ccc(N2CCC(=O)NC2=O)c(Cl)c1. The number of hydrogen-bond donors (Lipinski definition) is 2. The fourth-order valence-electron chi connectivity index (χ4n) is 2.91. The first-order chi connectivity index (χ1) is 10.6. The van der Waals surface area contributed by atoms with Crippen LogP contribution >= 0.6 is 11.6 Å². The topological polar surface area (TPSA) is 64.7 Å². The lowest BCUT2D eigenvalue weighted by atomic mass is 10.1. The molecule has 22 heavy (non-hydrogen) atoms. The highest BCUT2D eigenvalue weighted by molar-refractivity contribution is 6.34. The minimum atomic E-state index is -0.415. The highest BCUT2D eigenvalue weighted by atomic mass is 35.5. The summed E-state index contributed by atoms with van der Waals surface area (Å²) in [6.07, 6.45) is 0.290. The molecule has 0 aliphatic carbocycles. The van der Waals surface area contributed by atoms with Gasteiger partial charge in [0.15, 0.2) is 0 Å². The van der Waals surface area contributed by atoms with E-state index in [4.69, 9.17) is 11.6 Å². The molecule has 2 saturated heterocycles. The van der Waals surface area contributed by atoms with Crippen molar-refractivity contribution in [1.29, 1.82) is 0 Å². The van der Waals surface area contributed by atoms with E-state index in [0.717, 1.165) is 25.3 Å². The van der Waals surface area contributed by atoms with E-state index in [9.17, 15) is 9.59 Å². The van der Waals surface area contributed by atoms with E-state index in [2.05, 4.69) is 22.5 Å². The molecular weight excluding hydrogens is 304 g/mol. The van der Waals surface area contributed by atoms with E-state index in [-0.39, 0.29) is 5.91 Å². The first-order valence-corrected chi connectivity index (χ1v) is 7.82. The van der Waals surface area contributed by atoms with Crippen LogP contribution in [-0.4, -0.2) is 44.2 Å². The average Bonchev–Trinajstić information content (AvgIpc) is 2.48. The molecule has 0 aromatic heterocycles. The Morgan fingerprint density at radius 3 is 2.77 bits per heavy atom. The fraction of sp³-hybridized carbons (Fsp3) is 0.467. The third kappa shape index (κ3) is 2.89. The summed E-state index contributed by atoms with van der Waals surface area (Å²) in [6, 6.07) is 5.70. The van der Waals surface area contributed by atoms with Gasteiger partial charge in [0.05, 0.1) is 10.7 Å². The van der Waals surface area contributed by atoms with Crippen LogP contribution in [-0.2, 0) is 4.79 Å². The Labute approximate surface area is 134 Å². The number of amides is 3. The van der Waals surface area contributed by atoms with Gasteiger partial charge in [-0.05, 0) is 25.1 Å². The molecule has 2 aliphatic heterocycles. The summed E-state index contributed by atoms with van der Waals surface area (Å²) in [6.45, 7) is 5.33. The Morgan fingerprint density at radius 1 is 1.27 bits per heavy atom. The molecule has 2 N–H and O–H groups in total. The molecule has 1 aromatic carbocycles. The fourth-order valence-corrected chi connectivity index (χ4v) is 3.19. The Hall–Kier alpha value is -1.79. The van der Waals surface area contributed by atoms with Crippen LogP contribution < -0.4 is 20.4 Å². The van der Waals surface area contributed by atoms with E-state index in [0.29, 0.717) is 29.7 Å². The zero-order chi connectivity index (χ0) is 15.7. The molecule has 2 aliphatic rings. The zero-order valence-corrected chi connectivity index (χ0v) is 13.2. The molecule has 118 valence electrons. The van der Waals surface area contributed by atoms with Crippen molar-refractivity contribution in [3.8, 4) is 0 Å². The van der Waals surface area contributed by atoms with Crippen LogP contribution in [0.1, 0.15) is 13.3 Å². The van der Waals surface area contributed by atoms with Gasteiger partial charge in [-0.15, -0.1) is 0 Å². The van der Waals surface area contributed by atoms with Crippen molar-refractivity contribution < 1.29 is 9.59 Å². The molecule has 0 radical (unpaired) electrons. The highest BCUT2D eigenvalue weighted by Crippen LogP contribution is 2.32. The first-order valence-electron chi connectivity index (χ1n) is 7.44. The molecule has 7 heteroatoms. The van der Waals surface area contributed by atoms with Crippen LogP contribution in [0.4, 0.5) is 16.2 Å². The maximum absolute atomic E-state index is 11.9. The molecule has 0 spiro atoms. The number of anilines is 2. The molecule has 1 atom stereocenters. The van der Waals surface area contributed by atoms with Gasteiger partial charge < -0.3 is 10.2 Å². The second kappa shape index (κ2) is 6.14. The van der Waals surface area contributed by atoms with Crippen LogP contribution in [0.2, 0.25) is 5.02 Å². The quantitative estimate of drug-likeness (QED) is 0.868. The van der Waals surface area contributed by atoms with E-state index in [1.807, 2.05) is 18.2 Å². The second-order valence-electron chi connectivity index (χ2n) is 5.64. The van der Waals surface area contributed by atoms with Crippen LogP contribution in [0.5, 0.6) is 0 Å². The maximum atomic E-state index is 11.9. The summed E-state index contributed by atoms with van der Waals surface area (Å²) in [4.78, 5) is 26.9. The first kappa shape index (κ1) is 15.1. The summed E-state index contributed by atoms with van der Waals surface area (Å²) >= 11 is 6.38. The van der Waals surface area contributed by atoms with Crippen LogP contribution in [0, 0.1) is 0 Å². The predicted molar refractivity (Wildman–Crippen MR) is 86.6 cm³/mol. The molecule has 0 bridgehead atoms. The molecule has 6 nitrogen and oxygen atoms in total. The Morgan fingerprint density at radius 2 is 2.09 bits per heavy atom. The molecule has 3 amide bonds. The van der Waals surface area contributed by atoms with E-state index in [1.54, 1.807) is 0 Å². The Bertz CT molecular complexity index is 607. The average molecular weight is 323 g/mol. The van der Waals surface area contributed by atoms with Crippen molar-refractivity contribution in [2.45, 2.75) is 19.4 Å². The van der Waals surface area contributed by atoms with Gasteiger partial charge in [0, 0.05) is 44.3 Å². The highest BCUT2D eigenvalue weighted by Gasteiger charge is 2.26. The molecule has 3 rings (SSSR count). The number of rotatable bonds is 2. The van der Waals surface area contributed by atoms with Crippen molar-refractivity contribution in [2.24, 2.45) is 0 Å². The standard InChI is InChI=1S/C15H19ClN4O2/c1-10-9-17-5-7-19(10)11-2-3-13(12(16)8-11)20-6-4-14(21)18-15(20)22/h2-3,8,10,17H,4-7,9H2,1H3,(H,18,21,22)/t10-/m1/s1. The van der Waals surface area contributed by atoms with Crippen molar-refractivity contribution in [1.82, 2.24) is 10.6 Å². The number of nitrogens with one attached hydrogen (secondary N) is 2. The van der Waals surface area contributed by atoms with Crippen LogP contribution in [0.25, 0.3) is 0 Å². The lowest BCUT2D eigenvalue weighted by Crippen LogP contribution is -2.50. The number of carbonyl (C=O) groups excluding carboxylic acids is 2. The minimum absolute atomic E-state index is 0.247.